The van der Waals surface area contributed by atoms with Crippen molar-refractivity contribution in [3.8, 4) is 0 Å². The van der Waals surface area contributed by atoms with Crippen LogP contribution < -0.4 is 5.32 Å². The van der Waals surface area contributed by atoms with E-state index in [-0.39, 0.29) is 5.91 Å². The van der Waals surface area contributed by atoms with Gasteiger partial charge in [-0.15, -0.1) is 0 Å². The standard InChI is InChI=1S/C16H20N4O3/c1-10-9-12(14-11(2)19-20(3)15(14)18-10)16(22)17-8-6-5-7-13(21)23-4/h5,7,9H,6,8H2,1-4H3,(H,17,22)/b7-5+. The summed E-state index contributed by atoms with van der Waals surface area (Å²) in [4.78, 5) is 27.8. The summed E-state index contributed by atoms with van der Waals surface area (Å²) in [5.74, 6) is -0.586. The number of hydrogen-bond donors (Lipinski definition) is 1. The molecule has 7 nitrogen and oxygen atoms in total. The zero-order valence-electron chi connectivity index (χ0n) is 13.7. The summed E-state index contributed by atoms with van der Waals surface area (Å²) in [6.07, 6.45) is 3.54. The Morgan fingerprint density at radius 2 is 2.13 bits per heavy atom. The molecule has 0 unspecified atom stereocenters. The highest BCUT2D eigenvalue weighted by atomic mass is 16.5. The monoisotopic (exact) mass is 316 g/mol. The first kappa shape index (κ1) is 16.7. The third-order valence-electron chi connectivity index (χ3n) is 3.39. The number of amides is 1. The SMILES string of the molecule is COC(=O)/C=C/CCNC(=O)c1cc(C)nc2c1c(C)nn2C. The van der Waals surface area contributed by atoms with Crippen molar-refractivity contribution in [2.45, 2.75) is 20.3 Å². The second-order valence-corrected chi connectivity index (χ2v) is 5.19. The maximum absolute atomic E-state index is 12.4. The third-order valence-corrected chi connectivity index (χ3v) is 3.39. The minimum atomic E-state index is -0.409. The number of carbonyl (C=O) groups excluding carboxylic acids is 2. The highest BCUT2D eigenvalue weighted by Gasteiger charge is 2.17. The molecule has 0 atom stereocenters. The quantitative estimate of drug-likeness (QED) is 0.512. The Morgan fingerprint density at radius 1 is 1.39 bits per heavy atom. The second kappa shape index (κ2) is 7.04. The van der Waals surface area contributed by atoms with E-state index in [9.17, 15) is 9.59 Å². The van der Waals surface area contributed by atoms with Crippen LogP contribution in [0.1, 0.15) is 28.2 Å². The first-order valence-electron chi connectivity index (χ1n) is 7.27. The fourth-order valence-corrected chi connectivity index (χ4v) is 2.36. The van der Waals surface area contributed by atoms with Crippen molar-refractivity contribution in [2.75, 3.05) is 13.7 Å². The molecule has 7 heteroatoms. The molecule has 0 saturated heterocycles. The molecule has 2 aromatic rings. The van der Waals surface area contributed by atoms with Crippen molar-refractivity contribution in [2.24, 2.45) is 7.05 Å². The number of carbonyl (C=O) groups is 2. The van der Waals surface area contributed by atoms with Gasteiger partial charge in [0.25, 0.3) is 5.91 Å². The van der Waals surface area contributed by atoms with Gasteiger partial charge >= 0.3 is 5.97 Å². The molecule has 1 N–H and O–H groups in total. The lowest BCUT2D eigenvalue weighted by atomic mass is 10.1. The van der Waals surface area contributed by atoms with Crippen molar-refractivity contribution < 1.29 is 14.3 Å². The van der Waals surface area contributed by atoms with Crippen molar-refractivity contribution in [3.05, 3.63) is 35.2 Å². The second-order valence-electron chi connectivity index (χ2n) is 5.19. The van der Waals surface area contributed by atoms with Crippen LogP contribution in [0.5, 0.6) is 0 Å². The van der Waals surface area contributed by atoms with Gasteiger partial charge in [-0.2, -0.15) is 5.10 Å². The van der Waals surface area contributed by atoms with Crippen LogP contribution in [-0.4, -0.2) is 40.3 Å². The number of nitrogens with zero attached hydrogens (tertiary/aromatic N) is 3. The first-order chi connectivity index (χ1) is 10.9. The minimum Gasteiger partial charge on any atom is -0.466 e. The number of rotatable bonds is 5. The van der Waals surface area contributed by atoms with Crippen molar-refractivity contribution in [1.29, 1.82) is 0 Å². The van der Waals surface area contributed by atoms with Gasteiger partial charge in [0, 0.05) is 25.4 Å². The number of aryl methyl sites for hydroxylation is 3. The predicted molar refractivity (Wildman–Crippen MR) is 86.1 cm³/mol. The molecule has 2 heterocycles. The number of hydrogen-bond acceptors (Lipinski definition) is 5. The van der Waals surface area contributed by atoms with E-state index >= 15 is 0 Å². The molecule has 2 rings (SSSR count). The number of methoxy groups -OCH3 is 1. The Morgan fingerprint density at radius 3 is 2.83 bits per heavy atom. The van der Waals surface area contributed by atoms with Crippen LogP contribution in [-0.2, 0) is 16.6 Å². The summed E-state index contributed by atoms with van der Waals surface area (Å²) in [5.41, 5.74) is 2.79. The van der Waals surface area contributed by atoms with E-state index in [2.05, 4.69) is 20.1 Å². The minimum absolute atomic E-state index is 0.178. The first-order valence-corrected chi connectivity index (χ1v) is 7.27. The van der Waals surface area contributed by atoms with Crippen LogP contribution >= 0.6 is 0 Å². The lowest BCUT2D eigenvalue weighted by Gasteiger charge is -2.06. The van der Waals surface area contributed by atoms with Gasteiger partial charge in [0.15, 0.2) is 5.65 Å². The lowest BCUT2D eigenvalue weighted by molar-refractivity contribution is -0.134. The number of esters is 1. The van der Waals surface area contributed by atoms with Gasteiger partial charge in [-0.1, -0.05) is 6.08 Å². The molecule has 0 aromatic carbocycles. The Bertz CT molecular complexity index is 777. The van der Waals surface area contributed by atoms with Crippen LogP contribution in [0.4, 0.5) is 0 Å². The lowest BCUT2D eigenvalue weighted by Crippen LogP contribution is -2.24. The van der Waals surface area contributed by atoms with E-state index in [4.69, 9.17) is 0 Å². The van der Waals surface area contributed by atoms with E-state index in [1.165, 1.54) is 13.2 Å². The Kier molecular flexibility index (Phi) is 5.10. The average molecular weight is 316 g/mol. The molecule has 1 amide bonds. The predicted octanol–water partition coefficient (Wildman–Crippen LogP) is 1.43. The third kappa shape index (κ3) is 3.74. The maximum atomic E-state index is 12.4. The van der Waals surface area contributed by atoms with Crippen LogP contribution in [0.25, 0.3) is 11.0 Å². The molecule has 122 valence electrons. The Labute approximate surface area is 134 Å². The molecule has 0 fully saturated rings. The molecule has 0 spiro atoms. The van der Waals surface area contributed by atoms with Crippen LogP contribution in [0.15, 0.2) is 18.2 Å². The van der Waals surface area contributed by atoms with Crippen molar-refractivity contribution in [1.82, 2.24) is 20.1 Å². The van der Waals surface area contributed by atoms with Gasteiger partial charge < -0.3 is 10.1 Å². The smallest absolute Gasteiger partial charge is 0.330 e. The summed E-state index contributed by atoms with van der Waals surface area (Å²) in [6.45, 7) is 4.13. The van der Waals surface area contributed by atoms with Crippen LogP contribution in [0.2, 0.25) is 0 Å². The molecule has 0 bridgehead atoms. The summed E-state index contributed by atoms with van der Waals surface area (Å²) in [7, 11) is 3.13. The molecule has 0 saturated carbocycles. The summed E-state index contributed by atoms with van der Waals surface area (Å²) < 4.78 is 6.17. The van der Waals surface area contributed by atoms with Gasteiger partial charge in [0.2, 0.25) is 0 Å². The molecule has 0 aliphatic rings. The van der Waals surface area contributed by atoms with Gasteiger partial charge in [-0.3, -0.25) is 9.48 Å². The summed E-state index contributed by atoms with van der Waals surface area (Å²) in [5, 5.41) is 7.93. The molecule has 2 aromatic heterocycles. The highest BCUT2D eigenvalue weighted by molar-refractivity contribution is 6.06. The van der Waals surface area contributed by atoms with Crippen LogP contribution in [0, 0.1) is 13.8 Å². The fraction of sp³-hybridized carbons (Fsp3) is 0.375. The van der Waals surface area contributed by atoms with Gasteiger partial charge in [-0.05, 0) is 26.3 Å². The van der Waals surface area contributed by atoms with E-state index in [1.54, 1.807) is 23.9 Å². The normalized spacial score (nSPS) is 11.1. The molecular formula is C16H20N4O3. The number of nitrogens with one attached hydrogen (secondary N) is 1. The molecule has 0 aliphatic heterocycles. The van der Waals surface area contributed by atoms with Gasteiger partial charge in [-0.25, -0.2) is 9.78 Å². The number of fused-ring (bicyclic) bond motifs is 1. The number of pyridine rings is 1. The number of ether oxygens (including phenoxy) is 1. The summed E-state index contributed by atoms with van der Waals surface area (Å²) >= 11 is 0. The molecule has 0 radical (unpaired) electrons. The highest BCUT2D eigenvalue weighted by Crippen LogP contribution is 2.21. The van der Waals surface area contributed by atoms with Gasteiger partial charge in [0.1, 0.15) is 0 Å². The van der Waals surface area contributed by atoms with E-state index in [1.807, 2.05) is 13.8 Å². The molecule has 23 heavy (non-hydrogen) atoms. The van der Waals surface area contributed by atoms with E-state index < -0.39 is 5.97 Å². The van der Waals surface area contributed by atoms with Crippen molar-refractivity contribution in [3.63, 3.8) is 0 Å². The maximum Gasteiger partial charge on any atom is 0.330 e. The molecular weight excluding hydrogens is 296 g/mol. The Balaban J connectivity index is 2.12. The molecule has 0 aliphatic carbocycles. The Hall–Kier alpha value is -2.70. The van der Waals surface area contributed by atoms with Gasteiger partial charge in [0.05, 0.1) is 23.8 Å². The zero-order valence-corrected chi connectivity index (χ0v) is 13.7. The van der Waals surface area contributed by atoms with Crippen molar-refractivity contribution >= 4 is 22.9 Å². The summed E-state index contributed by atoms with van der Waals surface area (Å²) in [6, 6.07) is 1.76. The van der Waals surface area contributed by atoms with Crippen LogP contribution in [0.3, 0.4) is 0 Å². The topological polar surface area (TPSA) is 86.1 Å². The van der Waals surface area contributed by atoms with E-state index in [0.29, 0.717) is 24.2 Å². The largest absolute Gasteiger partial charge is 0.466 e. The zero-order chi connectivity index (χ0) is 17.0. The van der Waals surface area contributed by atoms with E-state index in [0.717, 1.165) is 16.8 Å². The average Bonchev–Trinajstić information content (AvgIpc) is 2.80. The number of aromatic nitrogens is 3. The fourth-order valence-electron chi connectivity index (χ4n) is 2.36.